The number of aliphatic hydroxyl groups excluding tert-OH is 2. The first-order valence-corrected chi connectivity index (χ1v) is 10.7. The van der Waals surface area contributed by atoms with Gasteiger partial charge in [-0.15, -0.1) is 0 Å². The number of hydrogen-bond donors (Lipinski definition) is 2. The van der Waals surface area contributed by atoms with E-state index in [2.05, 4.69) is 0 Å². The van der Waals surface area contributed by atoms with Crippen LogP contribution in [0.15, 0.2) is 42.5 Å². The van der Waals surface area contributed by atoms with Crippen LogP contribution in [-0.4, -0.2) is 54.5 Å². The number of hydrogen-bond acceptors (Lipinski definition) is 7. The van der Waals surface area contributed by atoms with E-state index in [9.17, 15) is 14.7 Å². The standard InChI is InChI=1S/C23H25ClO6.CH4O/c1-3-28-18-7-4-15(5-8-18)10-17-11-16(6-9-19(17)24)20-12-21(29-14(2)26)23(27)22(13-25)30-20;1-2/h4-9,11,20-22,25H,3,10,12-13H2,1-2H3;2H,1H3. The van der Waals surface area contributed by atoms with Gasteiger partial charge in [0.15, 0.2) is 6.10 Å². The number of rotatable bonds is 7. The minimum Gasteiger partial charge on any atom is -0.494 e. The van der Waals surface area contributed by atoms with Gasteiger partial charge in [0, 0.05) is 25.5 Å². The van der Waals surface area contributed by atoms with Crippen molar-refractivity contribution in [3.05, 3.63) is 64.2 Å². The number of Topliss-reactive ketones (excluding diaryl/α,β-unsaturated/α-hetero) is 1. The molecule has 1 fully saturated rings. The number of esters is 1. The van der Waals surface area contributed by atoms with Crippen molar-refractivity contribution in [2.75, 3.05) is 20.3 Å². The molecule has 3 unspecified atom stereocenters. The van der Waals surface area contributed by atoms with Crippen molar-refractivity contribution in [2.24, 2.45) is 0 Å². The van der Waals surface area contributed by atoms with Gasteiger partial charge in [-0.25, -0.2) is 0 Å². The number of benzene rings is 2. The van der Waals surface area contributed by atoms with Crippen molar-refractivity contribution in [3.63, 3.8) is 0 Å². The molecule has 0 saturated carbocycles. The van der Waals surface area contributed by atoms with E-state index in [1.54, 1.807) is 6.07 Å². The molecule has 2 aromatic rings. The molecule has 174 valence electrons. The van der Waals surface area contributed by atoms with Gasteiger partial charge in [0.25, 0.3) is 0 Å². The summed E-state index contributed by atoms with van der Waals surface area (Å²) in [6, 6.07) is 13.4. The zero-order chi connectivity index (χ0) is 23.7. The maximum atomic E-state index is 12.3. The van der Waals surface area contributed by atoms with Gasteiger partial charge >= 0.3 is 5.97 Å². The summed E-state index contributed by atoms with van der Waals surface area (Å²) in [4.78, 5) is 23.7. The number of ether oxygens (including phenoxy) is 3. The van der Waals surface area contributed by atoms with Crippen LogP contribution in [0.1, 0.15) is 43.1 Å². The Morgan fingerprint density at radius 3 is 2.47 bits per heavy atom. The Balaban J connectivity index is 0.00000176. The molecule has 0 aromatic heterocycles. The first-order chi connectivity index (χ1) is 15.4. The zero-order valence-corrected chi connectivity index (χ0v) is 19.2. The highest BCUT2D eigenvalue weighted by molar-refractivity contribution is 6.31. The summed E-state index contributed by atoms with van der Waals surface area (Å²) >= 11 is 6.41. The van der Waals surface area contributed by atoms with Crippen LogP contribution in [0, 0.1) is 0 Å². The van der Waals surface area contributed by atoms with E-state index in [0.717, 1.165) is 29.5 Å². The predicted octanol–water partition coefficient (Wildman–Crippen LogP) is 3.26. The fourth-order valence-corrected chi connectivity index (χ4v) is 3.70. The third kappa shape index (κ3) is 6.77. The first kappa shape index (κ1) is 25.8. The van der Waals surface area contributed by atoms with Gasteiger partial charge < -0.3 is 24.4 Å². The number of halogens is 1. The summed E-state index contributed by atoms with van der Waals surface area (Å²) < 4.78 is 16.4. The summed E-state index contributed by atoms with van der Waals surface area (Å²) in [5, 5.41) is 17.1. The van der Waals surface area contributed by atoms with Crippen LogP contribution in [0.5, 0.6) is 5.75 Å². The summed E-state index contributed by atoms with van der Waals surface area (Å²) in [6.07, 6.45) is -1.66. The van der Waals surface area contributed by atoms with Crippen molar-refractivity contribution in [2.45, 2.75) is 45.0 Å². The Kier molecular flexibility index (Phi) is 10.1. The molecule has 0 bridgehead atoms. The number of carbonyl (C=O) groups excluding carboxylic acids is 2. The first-order valence-electron chi connectivity index (χ1n) is 10.3. The van der Waals surface area contributed by atoms with Gasteiger partial charge in [0.1, 0.15) is 11.9 Å². The van der Waals surface area contributed by atoms with Crippen molar-refractivity contribution < 1.29 is 34.0 Å². The Bertz CT molecular complexity index is 898. The minimum absolute atomic E-state index is 0.193. The van der Waals surface area contributed by atoms with E-state index in [-0.39, 0.29) is 6.42 Å². The van der Waals surface area contributed by atoms with Crippen molar-refractivity contribution in [1.29, 1.82) is 0 Å². The number of ketones is 1. The average Bonchev–Trinajstić information content (AvgIpc) is 2.79. The van der Waals surface area contributed by atoms with E-state index in [4.69, 9.17) is 30.9 Å². The second-order valence-electron chi connectivity index (χ2n) is 7.14. The van der Waals surface area contributed by atoms with Gasteiger partial charge in [0.2, 0.25) is 5.78 Å². The largest absolute Gasteiger partial charge is 0.494 e. The maximum absolute atomic E-state index is 12.3. The molecule has 0 radical (unpaired) electrons. The third-order valence-electron chi connectivity index (χ3n) is 4.94. The molecule has 1 aliphatic rings. The van der Waals surface area contributed by atoms with Crippen LogP contribution in [-0.2, 0) is 25.5 Å². The monoisotopic (exact) mass is 464 g/mol. The minimum atomic E-state index is -1.03. The van der Waals surface area contributed by atoms with Gasteiger partial charge in [-0.1, -0.05) is 35.9 Å². The predicted molar refractivity (Wildman–Crippen MR) is 120 cm³/mol. The van der Waals surface area contributed by atoms with Gasteiger partial charge in [0.05, 0.1) is 19.3 Å². The molecule has 0 spiro atoms. The molecule has 2 aromatic carbocycles. The summed E-state index contributed by atoms with van der Waals surface area (Å²) in [5.74, 6) is -0.154. The van der Waals surface area contributed by atoms with E-state index in [1.807, 2.05) is 43.3 Å². The molecule has 1 saturated heterocycles. The zero-order valence-electron chi connectivity index (χ0n) is 18.4. The van der Waals surface area contributed by atoms with Crippen molar-refractivity contribution in [1.82, 2.24) is 0 Å². The Morgan fingerprint density at radius 1 is 1.19 bits per heavy atom. The molecule has 0 aliphatic carbocycles. The molecule has 3 atom stereocenters. The van der Waals surface area contributed by atoms with Crippen LogP contribution in [0.4, 0.5) is 0 Å². The molecular formula is C24H29ClO7. The van der Waals surface area contributed by atoms with Crippen LogP contribution in [0.25, 0.3) is 0 Å². The lowest BCUT2D eigenvalue weighted by Gasteiger charge is -2.33. The Labute approximate surface area is 192 Å². The molecule has 0 amide bonds. The molecule has 7 nitrogen and oxygen atoms in total. The molecule has 1 aliphatic heterocycles. The highest BCUT2D eigenvalue weighted by Crippen LogP contribution is 2.34. The lowest BCUT2D eigenvalue weighted by molar-refractivity contribution is -0.175. The second kappa shape index (κ2) is 12.6. The van der Waals surface area contributed by atoms with Crippen LogP contribution in [0.2, 0.25) is 5.02 Å². The summed E-state index contributed by atoms with van der Waals surface area (Å²) in [7, 11) is 1.00. The molecule has 8 heteroatoms. The van der Waals surface area contributed by atoms with Crippen molar-refractivity contribution in [3.8, 4) is 5.75 Å². The normalized spacial score (nSPS) is 20.2. The summed E-state index contributed by atoms with van der Waals surface area (Å²) in [5.41, 5.74) is 2.79. The van der Waals surface area contributed by atoms with Crippen LogP contribution in [0.3, 0.4) is 0 Å². The topological polar surface area (TPSA) is 102 Å². The SMILES string of the molecule is CCOc1ccc(Cc2cc(C3CC(OC(C)=O)C(=O)C(CO)O3)ccc2Cl)cc1.CO. The maximum Gasteiger partial charge on any atom is 0.303 e. The van der Waals surface area contributed by atoms with Crippen molar-refractivity contribution >= 4 is 23.4 Å². The number of aliphatic hydroxyl groups is 2. The van der Waals surface area contributed by atoms with Crippen LogP contribution >= 0.6 is 11.6 Å². The molecule has 1 heterocycles. The van der Waals surface area contributed by atoms with Crippen LogP contribution < -0.4 is 4.74 Å². The van der Waals surface area contributed by atoms with Gasteiger partial charge in [-0.2, -0.15) is 0 Å². The quantitative estimate of drug-likeness (QED) is 0.606. The van der Waals surface area contributed by atoms with Gasteiger partial charge in [-0.05, 0) is 48.2 Å². The lowest BCUT2D eigenvalue weighted by Crippen LogP contribution is -2.45. The highest BCUT2D eigenvalue weighted by Gasteiger charge is 2.39. The fraction of sp³-hybridized carbons (Fsp3) is 0.417. The van der Waals surface area contributed by atoms with E-state index >= 15 is 0 Å². The molecular weight excluding hydrogens is 436 g/mol. The van der Waals surface area contributed by atoms with E-state index in [1.165, 1.54) is 6.92 Å². The second-order valence-corrected chi connectivity index (χ2v) is 7.54. The Morgan fingerprint density at radius 2 is 1.88 bits per heavy atom. The highest BCUT2D eigenvalue weighted by atomic mass is 35.5. The van der Waals surface area contributed by atoms with E-state index in [0.29, 0.717) is 18.1 Å². The van der Waals surface area contributed by atoms with E-state index < -0.39 is 36.7 Å². The summed E-state index contributed by atoms with van der Waals surface area (Å²) in [6.45, 7) is 3.33. The third-order valence-corrected chi connectivity index (χ3v) is 5.30. The molecule has 2 N–H and O–H groups in total. The lowest BCUT2D eigenvalue weighted by atomic mass is 9.93. The Hall–Kier alpha value is -2.45. The number of carbonyl (C=O) groups is 2. The average molecular weight is 465 g/mol. The smallest absolute Gasteiger partial charge is 0.303 e. The molecule has 3 rings (SSSR count). The fourth-order valence-electron chi connectivity index (χ4n) is 3.51. The van der Waals surface area contributed by atoms with Gasteiger partial charge in [-0.3, -0.25) is 9.59 Å². The molecule has 32 heavy (non-hydrogen) atoms.